The van der Waals surface area contributed by atoms with Crippen molar-refractivity contribution in [3.63, 3.8) is 0 Å². The van der Waals surface area contributed by atoms with Crippen molar-refractivity contribution in [3.8, 4) is 17.2 Å². The summed E-state index contributed by atoms with van der Waals surface area (Å²) in [4.78, 5) is 63.4. The van der Waals surface area contributed by atoms with Crippen molar-refractivity contribution in [2.75, 3.05) is 39.2 Å². The third-order valence-electron chi connectivity index (χ3n) is 8.36. The Balaban J connectivity index is 1.00. The summed E-state index contributed by atoms with van der Waals surface area (Å²) in [6.07, 6.45) is 4.22. The smallest absolute Gasteiger partial charge is 0.264 e. The highest BCUT2D eigenvalue weighted by molar-refractivity contribution is 6.25. The summed E-state index contributed by atoms with van der Waals surface area (Å²) in [6, 6.07) is 17.6. The first-order chi connectivity index (χ1) is 23.3. The number of imide groups is 2. The highest BCUT2D eigenvalue weighted by Gasteiger charge is 2.45. The standard InChI is InChI=1S/C36H40N4O8/c1-46-29-16-14-24(21-30(29)47-2)9-5-8-23-10-6-11-25(20-23)48-22-32(42)38-19-4-3-18-37-27-13-7-12-26-33(27)36(45)40(35(26)44)28-15-17-31(41)39-34(28)43/h6-7,10-14,16,20-21,28,37H,3-5,8-9,15,17-19,22H2,1-2H3,(H,38,42)(H,39,41,43). The molecule has 12 nitrogen and oxygen atoms in total. The maximum atomic E-state index is 13.2. The third-order valence-corrected chi connectivity index (χ3v) is 8.36. The van der Waals surface area contributed by atoms with Crippen molar-refractivity contribution in [2.45, 2.75) is 51.0 Å². The number of carbonyl (C=O) groups excluding carboxylic acids is 5. The lowest BCUT2D eigenvalue weighted by Crippen LogP contribution is -2.54. The van der Waals surface area contributed by atoms with Crippen molar-refractivity contribution in [3.05, 3.63) is 82.9 Å². The lowest BCUT2D eigenvalue weighted by atomic mass is 10.0. The minimum absolute atomic E-state index is 0.0638. The average Bonchev–Trinajstić information content (AvgIpc) is 3.34. The molecule has 0 spiro atoms. The summed E-state index contributed by atoms with van der Waals surface area (Å²) in [6.45, 7) is 0.860. The Hall–Kier alpha value is -5.39. The molecule has 0 aromatic heterocycles. The number of ether oxygens (including phenoxy) is 3. The molecule has 3 aromatic carbocycles. The summed E-state index contributed by atoms with van der Waals surface area (Å²) in [5, 5.41) is 8.27. The van der Waals surface area contributed by atoms with Gasteiger partial charge >= 0.3 is 0 Å². The van der Waals surface area contributed by atoms with Crippen LogP contribution in [0.4, 0.5) is 5.69 Å². The molecule has 1 fully saturated rings. The number of piperidine rings is 1. The fraction of sp³-hybridized carbons (Fsp3) is 0.361. The van der Waals surface area contributed by atoms with Crippen LogP contribution in [0.25, 0.3) is 0 Å². The molecule has 252 valence electrons. The van der Waals surface area contributed by atoms with Crippen LogP contribution in [0, 0.1) is 0 Å². The van der Waals surface area contributed by atoms with E-state index in [1.165, 1.54) is 5.56 Å². The van der Waals surface area contributed by atoms with Gasteiger partial charge in [-0.1, -0.05) is 24.3 Å². The number of aryl methyl sites for hydroxylation is 2. The molecule has 1 atom stereocenters. The predicted molar refractivity (Wildman–Crippen MR) is 177 cm³/mol. The number of amides is 5. The molecule has 2 heterocycles. The van der Waals surface area contributed by atoms with E-state index in [4.69, 9.17) is 14.2 Å². The Bertz CT molecular complexity index is 1690. The molecule has 12 heteroatoms. The maximum absolute atomic E-state index is 13.2. The summed E-state index contributed by atoms with van der Waals surface area (Å²) in [7, 11) is 3.25. The molecular formula is C36H40N4O8. The van der Waals surface area contributed by atoms with Crippen LogP contribution < -0.4 is 30.2 Å². The van der Waals surface area contributed by atoms with Crippen molar-refractivity contribution in [1.82, 2.24) is 15.5 Å². The van der Waals surface area contributed by atoms with Crippen molar-refractivity contribution in [2.24, 2.45) is 0 Å². The highest BCUT2D eigenvalue weighted by Crippen LogP contribution is 2.32. The number of carbonyl (C=O) groups is 5. The number of unbranched alkanes of at least 4 members (excludes halogenated alkanes) is 1. The Morgan fingerprint density at radius 3 is 2.38 bits per heavy atom. The van der Waals surface area contributed by atoms with Gasteiger partial charge in [0.1, 0.15) is 11.8 Å². The summed E-state index contributed by atoms with van der Waals surface area (Å²) in [5.74, 6) is -0.324. The van der Waals surface area contributed by atoms with Crippen molar-refractivity contribution in [1.29, 1.82) is 0 Å². The molecule has 2 aliphatic heterocycles. The largest absolute Gasteiger partial charge is 0.493 e. The summed E-state index contributed by atoms with van der Waals surface area (Å²) in [5.41, 5.74) is 3.24. The molecule has 0 bridgehead atoms. The van der Waals surface area contributed by atoms with E-state index in [1.807, 2.05) is 42.5 Å². The normalized spacial score (nSPS) is 15.5. The highest BCUT2D eigenvalue weighted by atomic mass is 16.5. The van der Waals surface area contributed by atoms with Gasteiger partial charge in [-0.3, -0.25) is 34.2 Å². The Morgan fingerprint density at radius 2 is 1.60 bits per heavy atom. The molecule has 1 unspecified atom stereocenters. The van der Waals surface area contributed by atoms with E-state index >= 15 is 0 Å². The van der Waals surface area contributed by atoms with Gasteiger partial charge in [0.05, 0.1) is 25.3 Å². The minimum Gasteiger partial charge on any atom is -0.493 e. The van der Waals surface area contributed by atoms with Gasteiger partial charge in [-0.05, 0) is 86.1 Å². The molecule has 5 amide bonds. The number of benzene rings is 3. The van der Waals surface area contributed by atoms with E-state index in [2.05, 4.69) is 16.0 Å². The first-order valence-electron chi connectivity index (χ1n) is 16.1. The van der Waals surface area contributed by atoms with Gasteiger partial charge in [0, 0.05) is 25.2 Å². The van der Waals surface area contributed by atoms with Gasteiger partial charge < -0.3 is 24.8 Å². The van der Waals surface area contributed by atoms with Crippen LogP contribution in [0.15, 0.2) is 60.7 Å². The lowest BCUT2D eigenvalue weighted by molar-refractivity contribution is -0.136. The van der Waals surface area contributed by atoms with Gasteiger partial charge in [-0.25, -0.2) is 0 Å². The molecule has 0 radical (unpaired) electrons. The molecule has 3 N–H and O–H groups in total. The van der Waals surface area contributed by atoms with Crippen LogP contribution in [0.3, 0.4) is 0 Å². The summed E-state index contributed by atoms with van der Waals surface area (Å²) < 4.78 is 16.4. The van der Waals surface area contributed by atoms with Crippen LogP contribution in [-0.4, -0.2) is 74.4 Å². The van der Waals surface area contributed by atoms with Gasteiger partial charge in [-0.15, -0.1) is 0 Å². The van der Waals surface area contributed by atoms with Crippen LogP contribution in [0.2, 0.25) is 0 Å². The number of fused-ring (bicyclic) bond motifs is 1. The first-order valence-corrected chi connectivity index (χ1v) is 16.1. The Morgan fingerprint density at radius 1 is 0.854 bits per heavy atom. The Labute approximate surface area is 279 Å². The number of hydrogen-bond acceptors (Lipinski definition) is 9. The van der Waals surface area contributed by atoms with Crippen LogP contribution in [0.1, 0.15) is 63.9 Å². The molecule has 0 saturated carbocycles. The molecule has 0 aliphatic carbocycles. The van der Waals surface area contributed by atoms with Crippen LogP contribution in [0.5, 0.6) is 17.2 Å². The van der Waals surface area contributed by atoms with Crippen LogP contribution in [-0.2, 0) is 27.2 Å². The molecule has 3 aromatic rings. The molecule has 48 heavy (non-hydrogen) atoms. The van der Waals surface area contributed by atoms with E-state index in [1.54, 1.807) is 32.4 Å². The number of rotatable bonds is 16. The Kier molecular flexibility index (Phi) is 11.3. The zero-order chi connectivity index (χ0) is 34.0. The van der Waals surface area contributed by atoms with Crippen molar-refractivity contribution < 1.29 is 38.2 Å². The number of anilines is 1. The van der Waals surface area contributed by atoms with Gasteiger partial charge in [0.2, 0.25) is 11.8 Å². The molecule has 5 rings (SSSR count). The second kappa shape index (κ2) is 15.9. The lowest BCUT2D eigenvalue weighted by Gasteiger charge is -2.27. The van der Waals surface area contributed by atoms with Gasteiger partial charge in [-0.2, -0.15) is 0 Å². The number of nitrogens with one attached hydrogen (secondary N) is 3. The van der Waals surface area contributed by atoms with Gasteiger partial charge in [0.15, 0.2) is 18.1 Å². The fourth-order valence-electron chi connectivity index (χ4n) is 5.89. The van der Waals surface area contributed by atoms with Crippen molar-refractivity contribution >= 4 is 35.2 Å². The predicted octanol–water partition coefficient (Wildman–Crippen LogP) is 3.67. The van der Waals surface area contributed by atoms with Gasteiger partial charge in [0.25, 0.3) is 17.7 Å². The monoisotopic (exact) mass is 656 g/mol. The molecule has 1 saturated heterocycles. The average molecular weight is 657 g/mol. The maximum Gasteiger partial charge on any atom is 0.264 e. The molecule has 2 aliphatic rings. The zero-order valence-electron chi connectivity index (χ0n) is 27.1. The third kappa shape index (κ3) is 8.11. The van der Waals surface area contributed by atoms with Crippen LogP contribution >= 0.6 is 0 Å². The molecular weight excluding hydrogens is 616 g/mol. The van der Waals surface area contributed by atoms with E-state index < -0.39 is 29.7 Å². The minimum atomic E-state index is -1.01. The zero-order valence-corrected chi connectivity index (χ0v) is 27.1. The number of nitrogens with zero attached hydrogens (tertiary/aromatic N) is 1. The fourth-order valence-corrected chi connectivity index (χ4v) is 5.89. The quantitative estimate of drug-likeness (QED) is 0.155. The van der Waals surface area contributed by atoms with E-state index in [0.29, 0.717) is 48.9 Å². The van der Waals surface area contributed by atoms with E-state index in [-0.39, 0.29) is 36.5 Å². The number of methoxy groups -OCH3 is 2. The first kappa shape index (κ1) is 34.0. The topological polar surface area (TPSA) is 152 Å². The SMILES string of the molecule is COc1ccc(CCCc2cccc(OCC(=O)NCCCCNc3cccc4c3C(=O)N(C3CCC(=O)NC3=O)C4=O)c2)cc1OC. The summed E-state index contributed by atoms with van der Waals surface area (Å²) >= 11 is 0. The van der Waals surface area contributed by atoms with E-state index in [0.717, 1.165) is 29.7 Å². The second-order valence-electron chi connectivity index (χ2n) is 11.6. The van der Waals surface area contributed by atoms with E-state index in [9.17, 15) is 24.0 Å². The number of hydrogen-bond donors (Lipinski definition) is 3. The second-order valence-corrected chi connectivity index (χ2v) is 11.6.